The lowest BCUT2D eigenvalue weighted by atomic mass is 9.97. The second-order valence-corrected chi connectivity index (χ2v) is 6.50. The Morgan fingerprint density at radius 2 is 1.84 bits per heavy atom. The smallest absolute Gasteiger partial charge is 0.313 e. The summed E-state index contributed by atoms with van der Waals surface area (Å²) in [6.07, 6.45) is 0.466. The van der Waals surface area contributed by atoms with Crippen LogP contribution in [0.2, 0.25) is 10.0 Å². The molecule has 1 heterocycles. The van der Waals surface area contributed by atoms with Gasteiger partial charge < -0.3 is 14.8 Å². The van der Waals surface area contributed by atoms with Gasteiger partial charge in [-0.1, -0.05) is 23.2 Å². The molecule has 1 aliphatic rings. The Kier molecular flexibility index (Phi) is 5.46. The molecule has 0 fully saturated rings. The number of amides is 1. The summed E-state index contributed by atoms with van der Waals surface area (Å²) in [6, 6.07) is 11.9. The van der Waals surface area contributed by atoms with Gasteiger partial charge in [0.1, 0.15) is 12.4 Å². The van der Waals surface area contributed by atoms with Crippen LogP contribution in [0.3, 0.4) is 0 Å². The maximum absolute atomic E-state index is 12.2. The first-order valence-corrected chi connectivity index (χ1v) is 8.40. The summed E-state index contributed by atoms with van der Waals surface area (Å²) in [5, 5.41) is 3.78. The molecule has 1 N–H and O–H groups in total. The highest BCUT2D eigenvalue weighted by molar-refractivity contribution is 6.31. The van der Waals surface area contributed by atoms with E-state index in [1.807, 2.05) is 0 Å². The van der Waals surface area contributed by atoms with Gasteiger partial charge in [0, 0.05) is 15.7 Å². The van der Waals surface area contributed by atoms with Gasteiger partial charge >= 0.3 is 5.97 Å². The molecule has 0 aliphatic carbocycles. The minimum Gasteiger partial charge on any atom is -0.492 e. The molecule has 3 rings (SSSR count). The molecule has 0 spiro atoms. The molecule has 130 valence electrons. The summed E-state index contributed by atoms with van der Waals surface area (Å²) < 4.78 is 10.6. The summed E-state index contributed by atoms with van der Waals surface area (Å²) in [7, 11) is 0. The Morgan fingerprint density at radius 3 is 2.60 bits per heavy atom. The molecule has 0 bridgehead atoms. The number of carbonyl (C=O) groups is 2. The number of esters is 1. The first-order chi connectivity index (χ1) is 12.0. The largest absolute Gasteiger partial charge is 0.492 e. The number of hydrogen-bond acceptors (Lipinski definition) is 4. The van der Waals surface area contributed by atoms with Crippen molar-refractivity contribution in [3.63, 3.8) is 0 Å². The Hall–Kier alpha value is -2.24. The molecule has 0 saturated carbocycles. The zero-order chi connectivity index (χ0) is 17.8. The number of fused-ring (bicyclic) bond motifs is 1. The topological polar surface area (TPSA) is 64.6 Å². The fraction of sp³-hybridized carbons (Fsp3) is 0.222. The van der Waals surface area contributed by atoms with E-state index in [1.165, 1.54) is 0 Å². The van der Waals surface area contributed by atoms with Crippen LogP contribution in [0.1, 0.15) is 5.56 Å². The van der Waals surface area contributed by atoms with Crippen molar-refractivity contribution < 1.29 is 19.1 Å². The van der Waals surface area contributed by atoms with Crippen LogP contribution in [0, 0.1) is 5.92 Å². The Labute approximate surface area is 154 Å². The van der Waals surface area contributed by atoms with Gasteiger partial charge in [0.2, 0.25) is 0 Å². The van der Waals surface area contributed by atoms with E-state index >= 15 is 0 Å². The van der Waals surface area contributed by atoms with Gasteiger partial charge in [-0.05, 0) is 54.4 Å². The molecule has 2 aromatic carbocycles. The van der Waals surface area contributed by atoms with Gasteiger partial charge in [0.15, 0.2) is 6.61 Å². The fourth-order valence-corrected chi connectivity index (χ4v) is 2.82. The van der Waals surface area contributed by atoms with Crippen LogP contribution in [-0.2, 0) is 20.7 Å². The summed E-state index contributed by atoms with van der Waals surface area (Å²) in [6.45, 7) is -0.146. The maximum atomic E-state index is 12.2. The summed E-state index contributed by atoms with van der Waals surface area (Å²) in [5.41, 5.74) is 1.43. The number of carbonyl (C=O) groups excluding carboxylic acids is 2. The van der Waals surface area contributed by atoms with Gasteiger partial charge in [0.25, 0.3) is 5.91 Å². The molecule has 1 aliphatic heterocycles. The average Bonchev–Trinajstić information content (AvgIpc) is 2.61. The van der Waals surface area contributed by atoms with E-state index in [-0.39, 0.29) is 13.2 Å². The quantitative estimate of drug-likeness (QED) is 0.822. The molecule has 0 radical (unpaired) electrons. The fourth-order valence-electron chi connectivity index (χ4n) is 2.50. The van der Waals surface area contributed by atoms with E-state index in [0.717, 1.165) is 5.56 Å². The van der Waals surface area contributed by atoms with Crippen LogP contribution in [0.4, 0.5) is 5.69 Å². The Morgan fingerprint density at radius 1 is 1.12 bits per heavy atom. The minimum atomic E-state index is -0.475. The predicted molar refractivity (Wildman–Crippen MR) is 95.2 cm³/mol. The van der Waals surface area contributed by atoms with E-state index in [4.69, 9.17) is 32.7 Å². The monoisotopic (exact) mass is 379 g/mol. The van der Waals surface area contributed by atoms with Crippen molar-refractivity contribution in [2.75, 3.05) is 18.5 Å². The normalized spacial score (nSPS) is 15.7. The number of ether oxygens (including phenoxy) is 2. The van der Waals surface area contributed by atoms with Gasteiger partial charge in [-0.25, -0.2) is 0 Å². The van der Waals surface area contributed by atoms with E-state index < -0.39 is 17.8 Å². The number of benzene rings is 2. The van der Waals surface area contributed by atoms with E-state index in [9.17, 15) is 9.59 Å². The van der Waals surface area contributed by atoms with Crippen molar-refractivity contribution in [2.45, 2.75) is 6.42 Å². The second kappa shape index (κ2) is 7.76. The molecule has 0 aromatic heterocycles. The lowest BCUT2D eigenvalue weighted by Gasteiger charge is -2.24. The lowest BCUT2D eigenvalue weighted by Crippen LogP contribution is -2.31. The molecule has 1 atom stereocenters. The average molecular weight is 380 g/mol. The van der Waals surface area contributed by atoms with Crippen LogP contribution in [0.15, 0.2) is 42.5 Å². The van der Waals surface area contributed by atoms with Crippen LogP contribution in [0.25, 0.3) is 0 Å². The molecule has 5 nitrogen and oxygen atoms in total. The van der Waals surface area contributed by atoms with E-state index in [2.05, 4.69) is 5.32 Å². The Bertz CT molecular complexity index is 792. The second-order valence-electron chi connectivity index (χ2n) is 5.63. The maximum Gasteiger partial charge on any atom is 0.313 e. The van der Waals surface area contributed by atoms with Gasteiger partial charge in [-0.2, -0.15) is 0 Å². The molecule has 7 heteroatoms. The first-order valence-electron chi connectivity index (χ1n) is 7.64. The van der Waals surface area contributed by atoms with Crippen molar-refractivity contribution in [1.29, 1.82) is 0 Å². The molecule has 25 heavy (non-hydrogen) atoms. The molecule has 1 amide bonds. The zero-order valence-corrected chi connectivity index (χ0v) is 14.6. The van der Waals surface area contributed by atoms with Crippen molar-refractivity contribution in [3.8, 4) is 5.75 Å². The number of rotatable bonds is 4. The molecule has 0 saturated heterocycles. The SMILES string of the molecule is O=C(COC(=O)C1COc2ccc(Cl)cc2C1)Nc1ccc(Cl)cc1. The van der Waals surface area contributed by atoms with Crippen molar-refractivity contribution in [1.82, 2.24) is 0 Å². The number of nitrogens with one attached hydrogen (secondary N) is 1. The summed E-state index contributed by atoms with van der Waals surface area (Å²) >= 11 is 11.7. The highest BCUT2D eigenvalue weighted by atomic mass is 35.5. The van der Waals surface area contributed by atoms with E-state index in [1.54, 1.807) is 42.5 Å². The third-order valence-corrected chi connectivity index (χ3v) is 4.22. The van der Waals surface area contributed by atoms with Crippen LogP contribution in [-0.4, -0.2) is 25.1 Å². The summed E-state index contributed by atoms with van der Waals surface area (Å²) in [5.74, 6) is -0.643. The first kappa shape index (κ1) is 17.6. The van der Waals surface area contributed by atoms with Crippen LogP contribution >= 0.6 is 23.2 Å². The summed E-state index contributed by atoms with van der Waals surface area (Å²) in [4.78, 5) is 24.0. The standard InChI is InChI=1S/C18H15Cl2NO4/c19-13-1-4-15(5-2-13)21-17(22)10-25-18(23)12-7-11-8-14(20)3-6-16(11)24-9-12/h1-6,8,12H,7,9-10H2,(H,21,22). The van der Waals surface area contributed by atoms with Gasteiger partial charge in [0.05, 0.1) is 5.92 Å². The predicted octanol–water partition coefficient (Wildman–Crippen LogP) is 3.73. The van der Waals surface area contributed by atoms with Gasteiger partial charge in [-0.3, -0.25) is 9.59 Å². The molecular formula is C18H15Cl2NO4. The number of halogens is 2. The van der Waals surface area contributed by atoms with Crippen molar-refractivity contribution in [3.05, 3.63) is 58.1 Å². The van der Waals surface area contributed by atoms with E-state index in [0.29, 0.717) is 27.9 Å². The van der Waals surface area contributed by atoms with Crippen LogP contribution < -0.4 is 10.1 Å². The molecular weight excluding hydrogens is 365 g/mol. The minimum absolute atomic E-state index is 0.215. The highest BCUT2D eigenvalue weighted by Crippen LogP contribution is 2.30. The molecule has 2 aromatic rings. The molecule has 1 unspecified atom stereocenters. The van der Waals surface area contributed by atoms with Gasteiger partial charge in [-0.15, -0.1) is 0 Å². The highest BCUT2D eigenvalue weighted by Gasteiger charge is 2.27. The zero-order valence-electron chi connectivity index (χ0n) is 13.1. The third-order valence-electron chi connectivity index (χ3n) is 3.74. The number of hydrogen-bond donors (Lipinski definition) is 1. The number of anilines is 1. The lowest BCUT2D eigenvalue weighted by molar-refractivity contribution is -0.152. The Balaban J connectivity index is 1.51. The van der Waals surface area contributed by atoms with Crippen LogP contribution in [0.5, 0.6) is 5.75 Å². The third kappa shape index (κ3) is 4.65. The van der Waals surface area contributed by atoms with Crippen molar-refractivity contribution >= 4 is 40.8 Å². The van der Waals surface area contributed by atoms with Crippen molar-refractivity contribution in [2.24, 2.45) is 5.92 Å².